The molecule has 0 aromatic heterocycles. The highest BCUT2D eigenvalue weighted by atomic mass is 32.2. The molecule has 0 radical (unpaired) electrons. The Morgan fingerprint density at radius 3 is 2.58 bits per heavy atom. The van der Waals surface area contributed by atoms with E-state index in [4.69, 9.17) is 0 Å². The molecular formula is C6H8O5S. The predicted octanol–water partition coefficient (Wildman–Crippen LogP) is -0.810. The molecule has 0 fully saturated rings. The molecule has 12 heavy (non-hydrogen) atoms. The van der Waals surface area contributed by atoms with Crippen molar-refractivity contribution in [1.82, 2.24) is 0 Å². The van der Waals surface area contributed by atoms with Crippen molar-refractivity contribution in [3.8, 4) is 0 Å². The zero-order valence-corrected chi connectivity index (χ0v) is 7.04. The summed E-state index contributed by atoms with van der Waals surface area (Å²) in [4.78, 5) is 20.4. The van der Waals surface area contributed by atoms with Gasteiger partial charge in [0.15, 0.2) is 0 Å². The molecule has 0 aliphatic rings. The quantitative estimate of drug-likeness (QED) is 0.323. The summed E-state index contributed by atoms with van der Waals surface area (Å²) in [5, 5.41) is 0.818. The monoisotopic (exact) mass is 192 g/mol. The Bertz CT molecular complexity index is 268. The number of ether oxygens (including phenoxy) is 1. The Morgan fingerprint density at radius 1 is 1.42 bits per heavy atom. The summed E-state index contributed by atoms with van der Waals surface area (Å²) in [7, 11) is -2.31. The maximum absolute atomic E-state index is 10.6. The molecule has 0 saturated carbocycles. The number of hydrogen-bond donors (Lipinski definition) is 0. The first kappa shape index (κ1) is 10.8. The van der Waals surface area contributed by atoms with Crippen LogP contribution in [0.25, 0.3) is 0 Å². The first-order valence-electron chi connectivity index (χ1n) is 3.17. The Hall–Kier alpha value is -1.17. The first-order valence-corrected chi connectivity index (χ1v) is 4.31. The lowest BCUT2D eigenvalue weighted by molar-refractivity contribution is -0.142. The van der Waals surface area contributed by atoms with Gasteiger partial charge >= 0.3 is 5.97 Å². The first-order chi connectivity index (χ1) is 5.66. The van der Waals surface area contributed by atoms with Crippen molar-refractivity contribution in [3.63, 3.8) is 0 Å². The summed E-state index contributed by atoms with van der Waals surface area (Å²) in [5.41, 5.74) is 0. The Balaban J connectivity index is 3.57. The van der Waals surface area contributed by atoms with Gasteiger partial charge in [-0.15, -0.1) is 0 Å². The SMILES string of the molecule is O=CCCC(=O)OCC=S(=O)=O. The van der Waals surface area contributed by atoms with Gasteiger partial charge in [-0.2, -0.15) is 8.42 Å². The molecule has 0 atom stereocenters. The fraction of sp³-hybridized carbons (Fsp3) is 0.500. The Morgan fingerprint density at radius 2 is 2.08 bits per heavy atom. The molecule has 0 saturated heterocycles. The summed E-state index contributed by atoms with van der Waals surface area (Å²) in [6.07, 6.45) is 0.679. The van der Waals surface area contributed by atoms with E-state index >= 15 is 0 Å². The molecule has 0 spiro atoms. The highest BCUT2D eigenvalue weighted by Gasteiger charge is 1.99. The van der Waals surface area contributed by atoms with E-state index in [0.29, 0.717) is 6.29 Å². The van der Waals surface area contributed by atoms with Crippen LogP contribution in [-0.4, -0.2) is 32.6 Å². The lowest BCUT2D eigenvalue weighted by Gasteiger charge is -1.96. The van der Waals surface area contributed by atoms with Gasteiger partial charge in [-0.3, -0.25) is 4.79 Å². The maximum atomic E-state index is 10.6. The fourth-order valence-electron chi connectivity index (χ4n) is 0.431. The Labute approximate surface area is 70.9 Å². The van der Waals surface area contributed by atoms with Gasteiger partial charge in [0.1, 0.15) is 12.9 Å². The zero-order valence-electron chi connectivity index (χ0n) is 6.23. The molecule has 0 unspecified atom stereocenters. The van der Waals surface area contributed by atoms with Crippen molar-refractivity contribution in [3.05, 3.63) is 0 Å². The average Bonchev–Trinajstić information content (AvgIpc) is 2.00. The molecule has 0 N–H and O–H groups in total. The smallest absolute Gasteiger partial charge is 0.306 e. The lowest BCUT2D eigenvalue weighted by atomic mass is 10.3. The normalized spacial score (nSPS) is 8.67. The van der Waals surface area contributed by atoms with E-state index in [2.05, 4.69) is 4.74 Å². The topological polar surface area (TPSA) is 77.5 Å². The van der Waals surface area contributed by atoms with Crippen LogP contribution in [0.4, 0.5) is 0 Å². The molecule has 5 nitrogen and oxygen atoms in total. The van der Waals surface area contributed by atoms with Crippen LogP contribution >= 0.6 is 0 Å². The highest BCUT2D eigenvalue weighted by Crippen LogP contribution is 1.88. The van der Waals surface area contributed by atoms with Crippen LogP contribution in [0.15, 0.2) is 0 Å². The summed E-state index contributed by atoms with van der Waals surface area (Å²) < 4.78 is 24.2. The van der Waals surface area contributed by atoms with Gasteiger partial charge in [0.2, 0.25) is 10.3 Å². The second-order valence-corrected chi connectivity index (χ2v) is 2.67. The summed E-state index contributed by atoms with van der Waals surface area (Å²) in [5.74, 6) is -0.580. The van der Waals surface area contributed by atoms with E-state index in [1.807, 2.05) is 0 Å². The largest absolute Gasteiger partial charge is 0.460 e. The van der Waals surface area contributed by atoms with Crippen LogP contribution in [0.2, 0.25) is 0 Å². The van der Waals surface area contributed by atoms with Crippen LogP contribution in [0.1, 0.15) is 12.8 Å². The van der Waals surface area contributed by atoms with E-state index in [0.717, 1.165) is 5.37 Å². The van der Waals surface area contributed by atoms with Crippen molar-refractivity contribution >= 4 is 27.9 Å². The van der Waals surface area contributed by atoms with Crippen LogP contribution in [0.5, 0.6) is 0 Å². The molecular weight excluding hydrogens is 184 g/mol. The van der Waals surface area contributed by atoms with E-state index in [9.17, 15) is 18.0 Å². The fourth-order valence-corrected chi connectivity index (χ4v) is 0.611. The minimum atomic E-state index is -2.31. The van der Waals surface area contributed by atoms with Crippen molar-refractivity contribution in [1.29, 1.82) is 0 Å². The molecule has 0 aliphatic heterocycles. The highest BCUT2D eigenvalue weighted by molar-refractivity contribution is 7.71. The third-order valence-corrected chi connectivity index (χ3v) is 1.32. The van der Waals surface area contributed by atoms with E-state index in [1.54, 1.807) is 0 Å². The van der Waals surface area contributed by atoms with Gasteiger partial charge in [0, 0.05) is 6.42 Å². The lowest BCUT2D eigenvalue weighted by Crippen LogP contribution is -2.06. The number of carbonyl (C=O) groups excluding carboxylic acids is 2. The van der Waals surface area contributed by atoms with Gasteiger partial charge < -0.3 is 9.53 Å². The Kier molecular flexibility index (Phi) is 5.90. The van der Waals surface area contributed by atoms with Crippen LogP contribution in [0.3, 0.4) is 0 Å². The molecule has 0 aromatic carbocycles. The standard InChI is InChI=1S/C6H8O5S/c7-3-1-2-6(8)11-4-5-12(9)10/h3,5H,1-2,4H2. The van der Waals surface area contributed by atoms with E-state index < -0.39 is 16.3 Å². The maximum Gasteiger partial charge on any atom is 0.306 e. The summed E-state index contributed by atoms with van der Waals surface area (Å²) in [6.45, 7) is -0.270. The van der Waals surface area contributed by atoms with Gasteiger partial charge in [-0.1, -0.05) is 0 Å². The molecule has 0 rings (SSSR count). The summed E-state index contributed by atoms with van der Waals surface area (Å²) in [6, 6.07) is 0. The summed E-state index contributed by atoms with van der Waals surface area (Å²) >= 11 is 0. The number of carbonyl (C=O) groups is 2. The molecule has 0 aliphatic carbocycles. The van der Waals surface area contributed by atoms with Crippen molar-refractivity contribution in [2.24, 2.45) is 0 Å². The molecule has 0 aromatic rings. The number of aldehydes is 1. The van der Waals surface area contributed by atoms with E-state index in [-0.39, 0.29) is 19.4 Å². The minimum absolute atomic E-state index is 0.0111. The molecule has 0 amide bonds. The van der Waals surface area contributed by atoms with Crippen molar-refractivity contribution < 1.29 is 22.7 Å². The average molecular weight is 192 g/mol. The second kappa shape index (κ2) is 6.53. The number of esters is 1. The minimum Gasteiger partial charge on any atom is -0.460 e. The van der Waals surface area contributed by atoms with Gasteiger partial charge in [-0.25, -0.2) is 0 Å². The van der Waals surface area contributed by atoms with Crippen LogP contribution in [-0.2, 0) is 24.6 Å². The predicted molar refractivity (Wildman–Crippen MR) is 41.2 cm³/mol. The molecule has 0 bridgehead atoms. The third kappa shape index (κ3) is 6.94. The molecule has 6 heteroatoms. The van der Waals surface area contributed by atoms with Crippen molar-refractivity contribution in [2.45, 2.75) is 12.8 Å². The van der Waals surface area contributed by atoms with Gasteiger partial charge in [-0.05, 0) is 0 Å². The van der Waals surface area contributed by atoms with Crippen LogP contribution < -0.4 is 0 Å². The van der Waals surface area contributed by atoms with Gasteiger partial charge in [0.25, 0.3) is 0 Å². The number of rotatable bonds is 5. The molecule has 68 valence electrons. The number of hydrogen-bond acceptors (Lipinski definition) is 5. The van der Waals surface area contributed by atoms with Crippen LogP contribution in [0, 0.1) is 0 Å². The zero-order chi connectivity index (χ0) is 9.40. The van der Waals surface area contributed by atoms with Crippen molar-refractivity contribution in [2.75, 3.05) is 6.61 Å². The third-order valence-electron chi connectivity index (χ3n) is 0.915. The van der Waals surface area contributed by atoms with Gasteiger partial charge in [0.05, 0.1) is 11.8 Å². The second-order valence-electron chi connectivity index (χ2n) is 1.82. The van der Waals surface area contributed by atoms with E-state index in [1.165, 1.54) is 0 Å². The molecule has 0 heterocycles.